The SMILES string of the molecule is CCCNC(=O)[C@@H]1[C@@H](CO)[C@@H]2Cn3c(ccc(/C=C/c4ccccc4)c3=O)[C@H]1N2CCC. The predicted octanol–water partition coefficient (Wildman–Crippen LogP) is 2.92. The molecule has 4 atom stereocenters. The van der Waals surface area contributed by atoms with Gasteiger partial charge in [-0.25, -0.2) is 0 Å². The minimum Gasteiger partial charge on any atom is -0.396 e. The van der Waals surface area contributed by atoms with Crippen LogP contribution >= 0.6 is 0 Å². The molecule has 0 aliphatic carbocycles. The molecule has 2 aromatic rings. The average molecular weight is 436 g/mol. The summed E-state index contributed by atoms with van der Waals surface area (Å²) in [5, 5.41) is 13.3. The number of rotatable bonds is 8. The molecule has 1 fully saturated rings. The van der Waals surface area contributed by atoms with Gasteiger partial charge in [0.15, 0.2) is 0 Å². The van der Waals surface area contributed by atoms with Gasteiger partial charge in [-0.2, -0.15) is 0 Å². The Morgan fingerprint density at radius 1 is 1.12 bits per heavy atom. The number of nitrogens with zero attached hydrogens (tertiary/aromatic N) is 2. The van der Waals surface area contributed by atoms with E-state index in [-0.39, 0.29) is 42.0 Å². The highest BCUT2D eigenvalue weighted by Crippen LogP contribution is 2.48. The number of aliphatic hydroxyl groups is 1. The first-order valence-corrected chi connectivity index (χ1v) is 11.7. The molecule has 1 amide bonds. The summed E-state index contributed by atoms with van der Waals surface area (Å²) in [6.45, 7) is 6.05. The van der Waals surface area contributed by atoms with E-state index < -0.39 is 0 Å². The number of carbonyl (C=O) groups excluding carboxylic acids is 1. The number of pyridine rings is 1. The lowest BCUT2D eigenvalue weighted by molar-refractivity contribution is -0.127. The standard InChI is InChI=1S/C26H33N3O3/c1-3-14-27-25(31)23-20(17-30)22-16-29-21(24(23)28(22)15-4-2)13-12-19(26(29)32)11-10-18-8-6-5-7-9-18/h5-13,20,22-24,30H,3-4,14-17H2,1-2H3,(H,27,31)/b11-10+/t20-,22-,23+,24+/m0/s1. The molecule has 3 heterocycles. The van der Waals surface area contributed by atoms with Crippen LogP contribution in [0.1, 0.15) is 49.6 Å². The van der Waals surface area contributed by atoms with Crippen molar-refractivity contribution in [1.29, 1.82) is 0 Å². The van der Waals surface area contributed by atoms with Gasteiger partial charge in [0.1, 0.15) is 0 Å². The largest absolute Gasteiger partial charge is 0.396 e. The third kappa shape index (κ3) is 4.05. The molecule has 1 aromatic carbocycles. The van der Waals surface area contributed by atoms with Crippen molar-refractivity contribution in [3.05, 3.63) is 69.6 Å². The van der Waals surface area contributed by atoms with Crippen molar-refractivity contribution in [2.45, 2.75) is 45.3 Å². The summed E-state index contributed by atoms with van der Waals surface area (Å²) < 4.78 is 1.84. The molecule has 32 heavy (non-hydrogen) atoms. The second-order valence-electron chi connectivity index (χ2n) is 8.79. The van der Waals surface area contributed by atoms with Crippen LogP contribution in [-0.2, 0) is 11.3 Å². The van der Waals surface area contributed by atoms with Gasteiger partial charge in [-0.15, -0.1) is 0 Å². The Morgan fingerprint density at radius 3 is 2.59 bits per heavy atom. The number of fused-ring (bicyclic) bond motifs is 4. The first-order chi connectivity index (χ1) is 15.6. The van der Waals surface area contributed by atoms with Gasteiger partial charge in [-0.3, -0.25) is 14.5 Å². The second kappa shape index (κ2) is 9.84. The summed E-state index contributed by atoms with van der Waals surface area (Å²) in [5.41, 5.74) is 2.52. The number of aliphatic hydroxyl groups excluding tert-OH is 1. The number of hydrogen-bond acceptors (Lipinski definition) is 4. The highest BCUT2D eigenvalue weighted by atomic mass is 16.3. The number of aromatic nitrogens is 1. The molecular formula is C26H33N3O3. The molecule has 2 aliphatic heterocycles. The molecule has 2 bridgehead atoms. The fraction of sp³-hybridized carbons (Fsp3) is 0.462. The highest BCUT2D eigenvalue weighted by Gasteiger charge is 2.55. The van der Waals surface area contributed by atoms with E-state index in [4.69, 9.17) is 0 Å². The van der Waals surface area contributed by atoms with Gasteiger partial charge in [0.25, 0.3) is 5.56 Å². The van der Waals surface area contributed by atoms with Crippen LogP contribution in [0, 0.1) is 11.8 Å². The highest BCUT2D eigenvalue weighted by molar-refractivity contribution is 5.80. The zero-order valence-corrected chi connectivity index (χ0v) is 18.9. The Morgan fingerprint density at radius 2 is 1.91 bits per heavy atom. The molecule has 1 aromatic heterocycles. The number of benzene rings is 1. The van der Waals surface area contributed by atoms with E-state index >= 15 is 0 Å². The van der Waals surface area contributed by atoms with Crippen molar-refractivity contribution in [3.8, 4) is 0 Å². The van der Waals surface area contributed by atoms with Gasteiger partial charge < -0.3 is 15.0 Å². The molecule has 0 spiro atoms. The summed E-state index contributed by atoms with van der Waals surface area (Å²) in [5.74, 6) is -0.568. The van der Waals surface area contributed by atoms with Gasteiger partial charge in [0.05, 0.1) is 12.0 Å². The molecule has 0 saturated carbocycles. The monoisotopic (exact) mass is 435 g/mol. The van der Waals surface area contributed by atoms with Gasteiger partial charge in [-0.1, -0.05) is 50.3 Å². The second-order valence-corrected chi connectivity index (χ2v) is 8.79. The van der Waals surface area contributed by atoms with E-state index in [1.807, 2.05) is 66.1 Å². The van der Waals surface area contributed by atoms with Crippen LogP contribution in [0.3, 0.4) is 0 Å². The topological polar surface area (TPSA) is 74.6 Å². The molecule has 0 radical (unpaired) electrons. The fourth-order valence-corrected chi connectivity index (χ4v) is 5.35. The quantitative estimate of drug-likeness (QED) is 0.669. The molecule has 6 heteroatoms. The number of hydrogen-bond donors (Lipinski definition) is 2. The third-order valence-corrected chi connectivity index (χ3v) is 6.79. The number of nitrogens with one attached hydrogen (secondary N) is 1. The Bertz CT molecular complexity index is 1030. The van der Waals surface area contributed by atoms with Crippen molar-refractivity contribution in [2.75, 3.05) is 19.7 Å². The Balaban J connectivity index is 1.73. The lowest BCUT2D eigenvalue weighted by Gasteiger charge is -2.38. The minimum atomic E-state index is -0.359. The van der Waals surface area contributed by atoms with Crippen molar-refractivity contribution in [1.82, 2.24) is 14.8 Å². The molecule has 1 saturated heterocycles. The summed E-state index contributed by atoms with van der Waals surface area (Å²) in [6, 6.07) is 13.6. The summed E-state index contributed by atoms with van der Waals surface area (Å²) in [7, 11) is 0. The van der Waals surface area contributed by atoms with Crippen LogP contribution in [0.5, 0.6) is 0 Å². The smallest absolute Gasteiger partial charge is 0.258 e. The maximum atomic E-state index is 13.4. The van der Waals surface area contributed by atoms with E-state index in [9.17, 15) is 14.7 Å². The molecule has 4 rings (SSSR count). The third-order valence-electron chi connectivity index (χ3n) is 6.79. The van der Waals surface area contributed by atoms with Crippen LogP contribution in [0.4, 0.5) is 0 Å². The van der Waals surface area contributed by atoms with Gasteiger partial charge >= 0.3 is 0 Å². The van der Waals surface area contributed by atoms with Crippen LogP contribution in [0.2, 0.25) is 0 Å². The number of amides is 1. The van der Waals surface area contributed by atoms with Crippen LogP contribution in [-0.4, -0.2) is 46.2 Å². The molecule has 0 unspecified atom stereocenters. The molecule has 6 nitrogen and oxygen atoms in total. The maximum absolute atomic E-state index is 13.4. The summed E-state index contributed by atoms with van der Waals surface area (Å²) in [4.78, 5) is 28.9. The average Bonchev–Trinajstić information content (AvgIpc) is 3.02. The van der Waals surface area contributed by atoms with Crippen LogP contribution in [0.25, 0.3) is 12.2 Å². The zero-order chi connectivity index (χ0) is 22.7. The minimum absolute atomic E-state index is 0.0200. The zero-order valence-electron chi connectivity index (χ0n) is 18.9. The van der Waals surface area contributed by atoms with E-state index in [2.05, 4.69) is 17.1 Å². The predicted molar refractivity (Wildman–Crippen MR) is 127 cm³/mol. The van der Waals surface area contributed by atoms with Crippen molar-refractivity contribution in [3.63, 3.8) is 0 Å². The van der Waals surface area contributed by atoms with E-state index in [1.54, 1.807) is 0 Å². The Hall–Kier alpha value is -2.70. The summed E-state index contributed by atoms with van der Waals surface area (Å²) in [6.07, 6.45) is 5.63. The number of carbonyl (C=O) groups is 1. The van der Waals surface area contributed by atoms with Crippen molar-refractivity contribution >= 4 is 18.1 Å². The fourth-order valence-electron chi connectivity index (χ4n) is 5.35. The molecule has 2 N–H and O–H groups in total. The molecule has 2 aliphatic rings. The van der Waals surface area contributed by atoms with Crippen molar-refractivity contribution in [2.24, 2.45) is 11.8 Å². The van der Waals surface area contributed by atoms with Crippen LogP contribution < -0.4 is 10.9 Å². The normalized spacial score (nSPS) is 24.6. The lowest BCUT2D eigenvalue weighted by Crippen LogP contribution is -2.47. The van der Waals surface area contributed by atoms with Gasteiger partial charge in [0, 0.05) is 42.9 Å². The first-order valence-electron chi connectivity index (χ1n) is 11.7. The molecular weight excluding hydrogens is 402 g/mol. The van der Waals surface area contributed by atoms with E-state index in [0.717, 1.165) is 30.6 Å². The van der Waals surface area contributed by atoms with Gasteiger partial charge in [-0.05, 0) is 43.2 Å². The first kappa shape index (κ1) is 22.5. The van der Waals surface area contributed by atoms with Crippen molar-refractivity contribution < 1.29 is 9.90 Å². The Labute approximate surface area is 189 Å². The summed E-state index contributed by atoms with van der Waals surface area (Å²) >= 11 is 0. The molecule has 170 valence electrons. The maximum Gasteiger partial charge on any atom is 0.258 e. The van der Waals surface area contributed by atoms with E-state index in [0.29, 0.717) is 18.7 Å². The Kier molecular flexibility index (Phi) is 6.92. The van der Waals surface area contributed by atoms with Crippen LogP contribution in [0.15, 0.2) is 47.3 Å². The lowest BCUT2D eigenvalue weighted by atomic mass is 9.86. The van der Waals surface area contributed by atoms with Gasteiger partial charge in [0.2, 0.25) is 5.91 Å². The van der Waals surface area contributed by atoms with E-state index in [1.165, 1.54) is 0 Å².